The van der Waals surface area contributed by atoms with Crippen LogP contribution in [0.4, 0.5) is 5.69 Å². The molecule has 7 nitrogen and oxygen atoms in total. The molecule has 0 heterocycles. The normalized spacial score (nSPS) is 11.9. The lowest BCUT2D eigenvalue weighted by atomic mass is 10.1. The van der Waals surface area contributed by atoms with E-state index in [1.807, 2.05) is 5.43 Å². The number of aliphatic hydroxyl groups excluding tert-OH is 2. The number of carbonyl (C=O) groups is 1. The molecule has 1 aromatic rings. The van der Waals surface area contributed by atoms with E-state index in [4.69, 9.17) is 10.2 Å². The van der Waals surface area contributed by atoms with Crippen molar-refractivity contribution in [3.63, 3.8) is 0 Å². The Hall–Kier alpha value is -1.99. The Morgan fingerprint density at radius 2 is 2.24 bits per heavy atom. The summed E-state index contributed by atoms with van der Waals surface area (Å²) in [6, 6.07) is 6.08. The highest BCUT2D eigenvalue weighted by Crippen LogP contribution is 2.11. The molecule has 0 aromatic heterocycles. The van der Waals surface area contributed by atoms with Gasteiger partial charge in [0.2, 0.25) is 0 Å². The van der Waals surface area contributed by atoms with Crippen molar-refractivity contribution in [1.29, 1.82) is 0 Å². The van der Waals surface area contributed by atoms with Crippen LogP contribution < -0.4 is 5.43 Å². The Labute approximate surface area is 96.8 Å². The molecule has 0 radical (unpaired) electrons. The van der Waals surface area contributed by atoms with Crippen molar-refractivity contribution >= 4 is 11.5 Å². The fourth-order valence-corrected chi connectivity index (χ4v) is 1.28. The monoisotopic (exact) mass is 240 g/mol. The number of nitrogens with one attached hydrogen (secondary N) is 1. The summed E-state index contributed by atoms with van der Waals surface area (Å²) in [4.78, 5) is 21.5. The molecule has 92 valence electrons. The van der Waals surface area contributed by atoms with Gasteiger partial charge in [-0.2, -0.15) is 0 Å². The average Bonchev–Trinajstić information content (AvgIpc) is 2.27. The predicted octanol–water partition coefficient (Wildman–Crippen LogP) is -0.245. The zero-order valence-electron chi connectivity index (χ0n) is 8.87. The second-order valence-corrected chi connectivity index (χ2v) is 3.41. The summed E-state index contributed by atoms with van der Waals surface area (Å²) in [7, 11) is 0. The summed E-state index contributed by atoms with van der Waals surface area (Å²) in [6.07, 6.45) is -1.50. The number of aliphatic hydroxyl groups is 2. The van der Waals surface area contributed by atoms with E-state index >= 15 is 0 Å². The maximum Gasteiger partial charge on any atom is 0.167 e. The number of hydrogen-bond acceptors (Lipinski definition) is 5. The molecule has 0 aliphatic heterocycles. The van der Waals surface area contributed by atoms with E-state index in [9.17, 15) is 14.9 Å². The Bertz CT molecular complexity index is 421. The minimum atomic E-state index is -1.41. The Morgan fingerprint density at radius 1 is 1.53 bits per heavy atom. The minimum Gasteiger partial charge on any atom is -0.393 e. The van der Waals surface area contributed by atoms with Crippen LogP contribution in [-0.2, 0) is 11.2 Å². The summed E-state index contributed by atoms with van der Waals surface area (Å²) >= 11 is 0. The van der Waals surface area contributed by atoms with Crippen LogP contribution in [0.1, 0.15) is 5.56 Å². The molecular formula is C10H12N2O5. The smallest absolute Gasteiger partial charge is 0.167 e. The predicted molar refractivity (Wildman–Crippen MR) is 58.9 cm³/mol. The Balaban J connectivity index is 2.72. The first kappa shape index (κ1) is 13.1. The first-order valence-electron chi connectivity index (χ1n) is 4.84. The third-order valence-corrected chi connectivity index (χ3v) is 2.07. The van der Waals surface area contributed by atoms with Crippen molar-refractivity contribution in [2.75, 3.05) is 12.0 Å². The molecule has 7 heteroatoms. The van der Waals surface area contributed by atoms with Crippen LogP contribution in [0, 0.1) is 10.1 Å². The number of hydrazine groups is 1. The van der Waals surface area contributed by atoms with E-state index in [1.54, 1.807) is 12.1 Å². The maximum atomic E-state index is 11.3. The van der Waals surface area contributed by atoms with Crippen LogP contribution in [0.25, 0.3) is 0 Å². The molecule has 17 heavy (non-hydrogen) atoms. The average molecular weight is 240 g/mol. The number of nitrogens with zero attached hydrogens (tertiary/aromatic N) is 1. The van der Waals surface area contributed by atoms with Gasteiger partial charge in [-0.1, -0.05) is 12.1 Å². The Morgan fingerprint density at radius 3 is 2.82 bits per heavy atom. The van der Waals surface area contributed by atoms with Crippen LogP contribution in [-0.4, -0.2) is 33.7 Å². The summed E-state index contributed by atoms with van der Waals surface area (Å²) in [5, 5.41) is 27.2. The lowest BCUT2D eigenvalue weighted by molar-refractivity contribution is -0.445. The summed E-state index contributed by atoms with van der Waals surface area (Å²) in [6.45, 7) is -0.633. The second kappa shape index (κ2) is 5.92. The molecule has 0 aliphatic carbocycles. The third-order valence-electron chi connectivity index (χ3n) is 2.07. The molecule has 3 N–H and O–H groups in total. The molecular weight excluding hydrogens is 228 g/mol. The van der Waals surface area contributed by atoms with Gasteiger partial charge in [0.05, 0.1) is 6.61 Å². The van der Waals surface area contributed by atoms with Gasteiger partial charge in [-0.05, 0) is 17.7 Å². The van der Waals surface area contributed by atoms with Crippen LogP contribution >= 0.6 is 0 Å². The number of hydrogen-bond donors (Lipinski definition) is 3. The molecule has 1 rings (SSSR count). The second-order valence-electron chi connectivity index (χ2n) is 3.41. The summed E-state index contributed by atoms with van der Waals surface area (Å²) in [5.41, 5.74) is 2.73. The van der Waals surface area contributed by atoms with Crippen molar-refractivity contribution in [2.24, 2.45) is 0 Å². The van der Waals surface area contributed by atoms with Gasteiger partial charge in [0.15, 0.2) is 10.8 Å². The van der Waals surface area contributed by atoms with Crippen molar-refractivity contribution < 1.29 is 20.0 Å². The standard InChI is InChI=1S/C10H12N2O5/c13-6-10(15)9(14)5-7-2-1-3-8(4-7)11-12(16)17/h1-4,10-11,13,15H,5-6H2. The number of carbonyl (C=O) groups excluding carboxylic acids is 1. The van der Waals surface area contributed by atoms with E-state index in [0.29, 0.717) is 5.56 Å². The van der Waals surface area contributed by atoms with Gasteiger partial charge in [0.25, 0.3) is 0 Å². The zero-order chi connectivity index (χ0) is 12.8. The fraction of sp³-hybridized carbons (Fsp3) is 0.300. The largest absolute Gasteiger partial charge is 0.393 e. The highest BCUT2D eigenvalue weighted by molar-refractivity contribution is 5.85. The molecule has 0 amide bonds. The molecule has 0 bridgehead atoms. The van der Waals surface area contributed by atoms with E-state index < -0.39 is 23.5 Å². The van der Waals surface area contributed by atoms with Gasteiger partial charge in [0.1, 0.15) is 11.8 Å². The quantitative estimate of drug-likeness (QED) is 0.467. The molecule has 0 fully saturated rings. The number of Topliss-reactive ketones (excluding diaryl/α,β-unsaturated/α-hetero) is 1. The summed E-state index contributed by atoms with van der Waals surface area (Å²) in [5.74, 6) is -0.536. The number of anilines is 1. The van der Waals surface area contributed by atoms with Gasteiger partial charge >= 0.3 is 0 Å². The van der Waals surface area contributed by atoms with E-state index in [1.165, 1.54) is 12.1 Å². The van der Waals surface area contributed by atoms with Crippen molar-refractivity contribution in [3.8, 4) is 0 Å². The number of nitro groups is 1. The van der Waals surface area contributed by atoms with E-state index in [2.05, 4.69) is 0 Å². The number of benzene rings is 1. The number of rotatable bonds is 6. The highest BCUT2D eigenvalue weighted by Gasteiger charge is 2.14. The van der Waals surface area contributed by atoms with Crippen molar-refractivity contribution in [1.82, 2.24) is 0 Å². The molecule has 0 saturated carbocycles. The van der Waals surface area contributed by atoms with Crippen LogP contribution in [0.5, 0.6) is 0 Å². The van der Waals surface area contributed by atoms with Crippen LogP contribution in [0.3, 0.4) is 0 Å². The van der Waals surface area contributed by atoms with Gasteiger partial charge in [-0.3, -0.25) is 4.79 Å². The van der Waals surface area contributed by atoms with Gasteiger partial charge in [-0.25, -0.2) is 10.1 Å². The van der Waals surface area contributed by atoms with Crippen molar-refractivity contribution in [3.05, 3.63) is 39.9 Å². The maximum absolute atomic E-state index is 11.3. The van der Waals surface area contributed by atoms with Gasteiger partial charge in [0, 0.05) is 6.42 Å². The highest BCUT2D eigenvalue weighted by atomic mass is 16.7. The van der Waals surface area contributed by atoms with E-state index in [0.717, 1.165) is 0 Å². The van der Waals surface area contributed by atoms with Gasteiger partial charge in [-0.15, -0.1) is 5.43 Å². The minimum absolute atomic E-state index is 0.0883. The first-order valence-corrected chi connectivity index (χ1v) is 4.84. The lowest BCUT2D eigenvalue weighted by Crippen LogP contribution is -2.25. The van der Waals surface area contributed by atoms with Crippen molar-refractivity contribution in [2.45, 2.75) is 12.5 Å². The number of ketones is 1. The molecule has 1 atom stereocenters. The molecule has 0 aliphatic rings. The molecule has 0 spiro atoms. The zero-order valence-corrected chi connectivity index (χ0v) is 8.87. The fourth-order valence-electron chi connectivity index (χ4n) is 1.28. The molecule has 1 aromatic carbocycles. The third kappa shape index (κ3) is 4.17. The van der Waals surface area contributed by atoms with Crippen LogP contribution in [0.15, 0.2) is 24.3 Å². The SMILES string of the molecule is O=C(Cc1cccc(N[N+](=O)[O-])c1)C(O)CO. The van der Waals surface area contributed by atoms with Gasteiger partial charge < -0.3 is 10.2 Å². The molecule has 1 unspecified atom stereocenters. The van der Waals surface area contributed by atoms with Crippen LogP contribution in [0.2, 0.25) is 0 Å². The Kier molecular flexibility index (Phi) is 4.56. The first-order chi connectivity index (χ1) is 8.02. The summed E-state index contributed by atoms with van der Waals surface area (Å²) < 4.78 is 0. The topological polar surface area (TPSA) is 113 Å². The molecule has 0 saturated heterocycles. The lowest BCUT2D eigenvalue weighted by Gasteiger charge is -2.06. The van der Waals surface area contributed by atoms with E-state index in [-0.39, 0.29) is 12.1 Å².